The van der Waals surface area contributed by atoms with E-state index in [-0.39, 0.29) is 22.4 Å². The van der Waals surface area contributed by atoms with Crippen LogP contribution >= 0.6 is 0 Å². The van der Waals surface area contributed by atoms with Crippen LogP contribution in [-0.2, 0) is 10.0 Å². The molecule has 184 valence electrons. The van der Waals surface area contributed by atoms with Crippen molar-refractivity contribution in [1.82, 2.24) is 5.32 Å². The van der Waals surface area contributed by atoms with Crippen molar-refractivity contribution < 1.29 is 18.0 Å². The minimum Gasteiger partial charge on any atom is -0.350 e. The highest BCUT2D eigenvalue weighted by atomic mass is 32.2. The van der Waals surface area contributed by atoms with Crippen LogP contribution in [0.15, 0.2) is 65.6 Å². The first kappa shape index (κ1) is 26.0. The molecule has 0 aliphatic heterocycles. The van der Waals surface area contributed by atoms with E-state index in [0.29, 0.717) is 22.5 Å². The molecular formula is C27H31N3O4S. The molecule has 3 rings (SSSR count). The van der Waals surface area contributed by atoms with E-state index < -0.39 is 15.9 Å². The molecule has 3 N–H and O–H groups in total. The fraction of sp³-hybridized carbons (Fsp3) is 0.259. The van der Waals surface area contributed by atoms with Gasteiger partial charge in [0, 0.05) is 17.3 Å². The summed E-state index contributed by atoms with van der Waals surface area (Å²) in [6.45, 7) is 9.33. The van der Waals surface area contributed by atoms with E-state index in [0.717, 1.165) is 17.5 Å². The molecule has 0 radical (unpaired) electrons. The number of aryl methyl sites for hydroxylation is 3. The maximum atomic E-state index is 13.2. The summed E-state index contributed by atoms with van der Waals surface area (Å²) in [5.41, 5.74) is 3.67. The van der Waals surface area contributed by atoms with Crippen LogP contribution in [-0.4, -0.2) is 26.3 Å². The van der Waals surface area contributed by atoms with E-state index in [4.69, 9.17) is 0 Å². The molecule has 0 fully saturated rings. The Hall–Kier alpha value is -3.65. The van der Waals surface area contributed by atoms with Crippen molar-refractivity contribution in [1.29, 1.82) is 0 Å². The number of benzene rings is 3. The Labute approximate surface area is 207 Å². The Morgan fingerprint density at radius 1 is 0.886 bits per heavy atom. The van der Waals surface area contributed by atoms with Crippen LogP contribution in [0.3, 0.4) is 0 Å². The average molecular weight is 494 g/mol. The molecule has 0 saturated carbocycles. The zero-order chi connectivity index (χ0) is 25.8. The summed E-state index contributed by atoms with van der Waals surface area (Å²) in [4.78, 5) is 25.7. The van der Waals surface area contributed by atoms with Gasteiger partial charge in [-0.1, -0.05) is 31.2 Å². The van der Waals surface area contributed by atoms with Gasteiger partial charge < -0.3 is 10.6 Å². The highest BCUT2D eigenvalue weighted by Gasteiger charge is 2.21. The van der Waals surface area contributed by atoms with Crippen LogP contribution in [0.4, 0.5) is 11.4 Å². The fourth-order valence-electron chi connectivity index (χ4n) is 3.66. The lowest BCUT2D eigenvalue weighted by molar-refractivity contribution is 0.0940. The Morgan fingerprint density at radius 2 is 1.54 bits per heavy atom. The van der Waals surface area contributed by atoms with Gasteiger partial charge in [0.2, 0.25) is 0 Å². The van der Waals surface area contributed by atoms with Crippen molar-refractivity contribution in [3.05, 3.63) is 88.5 Å². The second kappa shape index (κ2) is 10.7. The highest BCUT2D eigenvalue weighted by Crippen LogP contribution is 2.24. The molecule has 1 atom stereocenters. The number of hydrogen-bond donors (Lipinski definition) is 3. The zero-order valence-electron chi connectivity index (χ0n) is 20.6. The molecule has 0 saturated heterocycles. The number of rotatable bonds is 8. The van der Waals surface area contributed by atoms with E-state index in [2.05, 4.69) is 15.4 Å². The van der Waals surface area contributed by atoms with Crippen molar-refractivity contribution in [2.45, 2.75) is 52.0 Å². The van der Waals surface area contributed by atoms with Gasteiger partial charge in [0.05, 0.1) is 16.1 Å². The quantitative estimate of drug-likeness (QED) is 0.401. The van der Waals surface area contributed by atoms with Gasteiger partial charge in [0.15, 0.2) is 0 Å². The van der Waals surface area contributed by atoms with E-state index in [1.54, 1.807) is 55.5 Å². The number of amides is 2. The van der Waals surface area contributed by atoms with E-state index >= 15 is 0 Å². The van der Waals surface area contributed by atoms with Crippen molar-refractivity contribution in [3.63, 3.8) is 0 Å². The van der Waals surface area contributed by atoms with E-state index in [1.807, 2.05) is 33.8 Å². The molecule has 0 spiro atoms. The normalized spacial score (nSPS) is 12.0. The van der Waals surface area contributed by atoms with Crippen LogP contribution in [0.2, 0.25) is 0 Å². The first-order valence-electron chi connectivity index (χ1n) is 11.4. The molecule has 0 aliphatic rings. The molecule has 0 aliphatic carbocycles. The summed E-state index contributed by atoms with van der Waals surface area (Å²) in [6.07, 6.45) is 0.775. The average Bonchev–Trinajstić information content (AvgIpc) is 2.78. The van der Waals surface area contributed by atoms with Crippen LogP contribution in [0, 0.1) is 20.8 Å². The molecule has 7 nitrogen and oxygen atoms in total. The molecular weight excluding hydrogens is 462 g/mol. The minimum atomic E-state index is -3.94. The van der Waals surface area contributed by atoms with Gasteiger partial charge in [-0.3, -0.25) is 14.3 Å². The lowest BCUT2D eigenvalue weighted by Crippen LogP contribution is -2.32. The van der Waals surface area contributed by atoms with Gasteiger partial charge in [-0.25, -0.2) is 8.42 Å². The summed E-state index contributed by atoms with van der Waals surface area (Å²) in [5.74, 6) is -0.809. The third kappa shape index (κ3) is 6.48. The smallest absolute Gasteiger partial charge is 0.262 e. The van der Waals surface area contributed by atoms with Crippen molar-refractivity contribution >= 4 is 33.2 Å². The lowest BCUT2D eigenvalue weighted by Gasteiger charge is -2.15. The molecule has 0 bridgehead atoms. The lowest BCUT2D eigenvalue weighted by atomic mass is 10.1. The summed E-state index contributed by atoms with van der Waals surface area (Å²) >= 11 is 0. The number of anilines is 2. The fourth-order valence-corrected chi connectivity index (χ4v) is 4.97. The van der Waals surface area contributed by atoms with Crippen molar-refractivity contribution in [2.75, 3.05) is 10.0 Å². The van der Waals surface area contributed by atoms with E-state index in [1.165, 1.54) is 6.07 Å². The van der Waals surface area contributed by atoms with Crippen LogP contribution in [0.1, 0.15) is 57.7 Å². The van der Waals surface area contributed by atoms with Crippen LogP contribution in [0.5, 0.6) is 0 Å². The first-order chi connectivity index (χ1) is 16.5. The van der Waals surface area contributed by atoms with Gasteiger partial charge >= 0.3 is 0 Å². The van der Waals surface area contributed by atoms with Crippen molar-refractivity contribution in [2.24, 2.45) is 0 Å². The Kier molecular flexibility index (Phi) is 7.96. The number of sulfonamides is 1. The van der Waals surface area contributed by atoms with Gasteiger partial charge in [-0.15, -0.1) is 0 Å². The van der Waals surface area contributed by atoms with Crippen LogP contribution < -0.4 is 15.4 Å². The molecule has 3 aromatic carbocycles. The predicted octanol–water partition coefficient (Wildman–Crippen LogP) is 5.19. The topological polar surface area (TPSA) is 104 Å². The zero-order valence-corrected chi connectivity index (χ0v) is 21.4. The standard InChI is InChI=1S/C27H31N3O4S/c1-6-20(5)28-27(32)23-9-7-8-10-24(23)29-26(31)21-12-11-19(4)25(16-21)35(33,34)30-22-14-17(2)13-18(3)15-22/h7-16,20,30H,6H2,1-5H3,(H,28,32)(H,29,31)/t20-/m1/s1. The predicted molar refractivity (Wildman–Crippen MR) is 140 cm³/mol. The Balaban J connectivity index is 1.88. The number of para-hydroxylation sites is 1. The first-order valence-corrected chi connectivity index (χ1v) is 12.9. The summed E-state index contributed by atoms with van der Waals surface area (Å²) in [7, 11) is -3.94. The summed E-state index contributed by atoms with van der Waals surface area (Å²) in [5, 5.41) is 5.64. The SMILES string of the molecule is CC[C@@H](C)NC(=O)c1ccccc1NC(=O)c1ccc(C)c(S(=O)(=O)Nc2cc(C)cc(C)c2)c1. The summed E-state index contributed by atoms with van der Waals surface area (Å²) in [6, 6.07) is 16.6. The molecule has 3 aromatic rings. The molecule has 0 unspecified atom stereocenters. The molecule has 35 heavy (non-hydrogen) atoms. The molecule has 8 heteroatoms. The Bertz CT molecular complexity index is 1350. The van der Waals surface area contributed by atoms with Gasteiger partial charge in [0.1, 0.15) is 0 Å². The van der Waals surface area contributed by atoms with Crippen LogP contribution in [0.25, 0.3) is 0 Å². The maximum Gasteiger partial charge on any atom is 0.262 e. The van der Waals surface area contributed by atoms with Gasteiger partial charge in [-0.2, -0.15) is 0 Å². The molecule has 0 aromatic heterocycles. The second-order valence-electron chi connectivity index (χ2n) is 8.74. The monoisotopic (exact) mass is 493 g/mol. The third-order valence-electron chi connectivity index (χ3n) is 5.62. The number of carbonyl (C=O) groups is 2. The number of nitrogens with one attached hydrogen (secondary N) is 3. The second-order valence-corrected chi connectivity index (χ2v) is 10.4. The summed E-state index contributed by atoms with van der Waals surface area (Å²) < 4.78 is 28.9. The van der Waals surface area contributed by atoms with Crippen molar-refractivity contribution in [3.8, 4) is 0 Å². The Morgan fingerprint density at radius 3 is 2.20 bits per heavy atom. The third-order valence-corrected chi connectivity index (χ3v) is 7.15. The minimum absolute atomic E-state index is 0.00658. The number of carbonyl (C=O) groups excluding carboxylic acids is 2. The maximum absolute atomic E-state index is 13.2. The van der Waals surface area contributed by atoms with Gasteiger partial charge in [0.25, 0.3) is 21.8 Å². The highest BCUT2D eigenvalue weighted by molar-refractivity contribution is 7.92. The number of hydrogen-bond acceptors (Lipinski definition) is 4. The van der Waals surface area contributed by atoms with E-state index in [9.17, 15) is 18.0 Å². The molecule has 2 amide bonds. The molecule has 0 heterocycles. The van der Waals surface area contributed by atoms with Gasteiger partial charge in [-0.05, 0) is 87.2 Å². The largest absolute Gasteiger partial charge is 0.350 e.